The normalized spacial score (nSPS) is 10.6. The third kappa shape index (κ3) is 4.83. The number of hydrogen-bond donors (Lipinski definition) is 0. The molecule has 0 heterocycles. The van der Waals surface area contributed by atoms with Gasteiger partial charge in [0.15, 0.2) is 5.78 Å². The van der Waals surface area contributed by atoms with Crippen molar-refractivity contribution >= 4 is 5.78 Å². The van der Waals surface area contributed by atoms with Crippen molar-refractivity contribution in [2.24, 2.45) is 0 Å². The highest BCUT2D eigenvalue weighted by Gasteiger charge is 2.06. The van der Waals surface area contributed by atoms with E-state index in [0.717, 1.165) is 24.0 Å². The van der Waals surface area contributed by atoms with E-state index in [1.165, 1.54) is 11.1 Å². The first kappa shape index (κ1) is 15.5. The van der Waals surface area contributed by atoms with Gasteiger partial charge in [0.05, 0.1) is 0 Å². The Kier molecular flexibility index (Phi) is 5.70. The molecule has 2 aromatic carbocycles. The highest BCUT2D eigenvalue weighted by molar-refractivity contribution is 5.97. The molecule has 0 spiro atoms. The fourth-order valence-electron chi connectivity index (χ4n) is 2.19. The van der Waals surface area contributed by atoms with Crippen molar-refractivity contribution in [2.45, 2.75) is 26.7 Å². The van der Waals surface area contributed by atoms with Crippen LogP contribution in [0.2, 0.25) is 0 Å². The summed E-state index contributed by atoms with van der Waals surface area (Å²) >= 11 is 0. The van der Waals surface area contributed by atoms with Gasteiger partial charge < -0.3 is 4.74 Å². The number of aryl methyl sites for hydroxylation is 3. The van der Waals surface area contributed by atoms with Gasteiger partial charge >= 0.3 is 0 Å². The second-order valence-electron chi connectivity index (χ2n) is 5.36. The number of ketones is 1. The molecule has 0 aliphatic carbocycles. The van der Waals surface area contributed by atoms with Crippen molar-refractivity contribution in [1.82, 2.24) is 0 Å². The smallest absolute Gasteiger partial charge is 0.188 e. The molecular weight excluding hydrogens is 260 g/mol. The lowest BCUT2D eigenvalue weighted by Crippen LogP contribution is -2.10. The van der Waals surface area contributed by atoms with E-state index >= 15 is 0 Å². The summed E-state index contributed by atoms with van der Waals surface area (Å²) < 4.78 is 5.49. The minimum atomic E-state index is 0.0535. The highest BCUT2D eigenvalue weighted by Crippen LogP contribution is 2.10. The third-order valence-corrected chi connectivity index (χ3v) is 3.66. The van der Waals surface area contributed by atoms with Crippen molar-refractivity contribution in [2.75, 3.05) is 13.2 Å². The van der Waals surface area contributed by atoms with Gasteiger partial charge in [-0.15, -0.1) is 0 Å². The monoisotopic (exact) mass is 282 g/mol. The van der Waals surface area contributed by atoms with Crippen molar-refractivity contribution in [3.8, 4) is 0 Å². The maximum absolute atomic E-state index is 12.0. The lowest BCUT2D eigenvalue weighted by molar-refractivity contribution is 0.0756. The molecule has 2 aromatic rings. The molecule has 0 radical (unpaired) electrons. The molecule has 2 nitrogen and oxygen atoms in total. The van der Waals surface area contributed by atoms with Crippen LogP contribution in [0.1, 0.15) is 33.5 Å². The number of benzene rings is 2. The van der Waals surface area contributed by atoms with E-state index in [2.05, 4.69) is 12.1 Å². The molecule has 0 N–H and O–H groups in total. The number of carbonyl (C=O) groups excluding carboxylic acids is 1. The SMILES string of the molecule is Cc1ccc(C(=O)COCCCc2ccccc2)cc1C. The van der Waals surface area contributed by atoms with Gasteiger partial charge in [0.1, 0.15) is 6.61 Å². The van der Waals surface area contributed by atoms with E-state index < -0.39 is 0 Å². The fourth-order valence-corrected chi connectivity index (χ4v) is 2.19. The Morgan fingerprint density at radius 2 is 1.76 bits per heavy atom. The Morgan fingerprint density at radius 1 is 1.00 bits per heavy atom. The number of Topliss-reactive ketones (excluding diaryl/α,β-unsaturated/α-hetero) is 1. The van der Waals surface area contributed by atoms with E-state index in [-0.39, 0.29) is 12.4 Å². The number of carbonyl (C=O) groups is 1. The standard InChI is InChI=1S/C19H22O2/c1-15-10-11-18(13-16(15)2)19(20)14-21-12-6-9-17-7-4-3-5-8-17/h3-5,7-8,10-11,13H,6,9,12,14H2,1-2H3. The summed E-state index contributed by atoms with van der Waals surface area (Å²) in [4.78, 5) is 12.0. The van der Waals surface area contributed by atoms with Gasteiger partial charge in [-0.1, -0.05) is 42.5 Å². The van der Waals surface area contributed by atoms with Gasteiger partial charge in [-0.2, -0.15) is 0 Å². The van der Waals surface area contributed by atoms with Crippen LogP contribution in [0.5, 0.6) is 0 Å². The Balaban J connectivity index is 1.71. The molecule has 110 valence electrons. The number of rotatable bonds is 7. The lowest BCUT2D eigenvalue weighted by atomic mass is 10.0. The first-order valence-electron chi connectivity index (χ1n) is 7.39. The van der Waals surface area contributed by atoms with E-state index in [4.69, 9.17) is 4.74 Å². The second kappa shape index (κ2) is 7.75. The van der Waals surface area contributed by atoms with Gasteiger partial charge in [-0.05, 0) is 49.4 Å². The maximum atomic E-state index is 12.0. The predicted octanol–water partition coefficient (Wildman–Crippen LogP) is 4.14. The van der Waals surface area contributed by atoms with Crippen molar-refractivity contribution in [1.29, 1.82) is 0 Å². The minimum absolute atomic E-state index is 0.0535. The van der Waals surface area contributed by atoms with Crippen LogP contribution >= 0.6 is 0 Å². The third-order valence-electron chi connectivity index (χ3n) is 3.66. The maximum Gasteiger partial charge on any atom is 0.188 e. The van der Waals surface area contributed by atoms with E-state index in [9.17, 15) is 4.79 Å². The summed E-state index contributed by atoms with van der Waals surface area (Å²) in [6.45, 7) is 4.85. The van der Waals surface area contributed by atoms with Gasteiger partial charge in [-0.3, -0.25) is 4.79 Å². The molecule has 2 rings (SSSR count). The summed E-state index contributed by atoms with van der Waals surface area (Å²) in [5.41, 5.74) is 4.39. The highest BCUT2D eigenvalue weighted by atomic mass is 16.5. The molecule has 0 aliphatic rings. The number of ether oxygens (including phenoxy) is 1. The molecule has 0 aromatic heterocycles. The van der Waals surface area contributed by atoms with E-state index in [1.54, 1.807) is 0 Å². The summed E-state index contributed by atoms with van der Waals surface area (Å²) in [5, 5.41) is 0. The van der Waals surface area contributed by atoms with Gasteiger partial charge in [0, 0.05) is 12.2 Å². The average Bonchev–Trinajstić information content (AvgIpc) is 2.50. The Morgan fingerprint density at radius 3 is 2.48 bits per heavy atom. The minimum Gasteiger partial charge on any atom is -0.373 e. The largest absolute Gasteiger partial charge is 0.373 e. The summed E-state index contributed by atoms with van der Waals surface area (Å²) in [6.07, 6.45) is 1.92. The van der Waals surface area contributed by atoms with Crippen LogP contribution in [-0.4, -0.2) is 19.0 Å². The van der Waals surface area contributed by atoms with Crippen molar-refractivity contribution < 1.29 is 9.53 Å². The summed E-state index contributed by atoms with van der Waals surface area (Å²) in [7, 11) is 0. The lowest BCUT2D eigenvalue weighted by Gasteiger charge is -2.06. The van der Waals surface area contributed by atoms with Crippen molar-refractivity contribution in [3.63, 3.8) is 0 Å². The van der Waals surface area contributed by atoms with Gasteiger partial charge in [0.2, 0.25) is 0 Å². The van der Waals surface area contributed by atoms with Gasteiger partial charge in [-0.25, -0.2) is 0 Å². The zero-order chi connectivity index (χ0) is 15.1. The Hall–Kier alpha value is -1.93. The zero-order valence-corrected chi connectivity index (χ0v) is 12.8. The van der Waals surface area contributed by atoms with Crippen LogP contribution in [-0.2, 0) is 11.2 Å². The molecule has 0 saturated heterocycles. The quantitative estimate of drug-likeness (QED) is 0.563. The molecule has 0 aliphatic heterocycles. The molecular formula is C19H22O2. The van der Waals surface area contributed by atoms with Gasteiger partial charge in [0.25, 0.3) is 0 Å². The Labute approximate surface area is 126 Å². The van der Waals surface area contributed by atoms with E-state index in [0.29, 0.717) is 6.61 Å². The fraction of sp³-hybridized carbons (Fsp3) is 0.316. The summed E-state index contributed by atoms with van der Waals surface area (Å²) in [6, 6.07) is 16.1. The van der Waals surface area contributed by atoms with Crippen molar-refractivity contribution in [3.05, 3.63) is 70.8 Å². The molecule has 0 atom stereocenters. The van der Waals surface area contributed by atoms with Crippen LogP contribution in [0.15, 0.2) is 48.5 Å². The topological polar surface area (TPSA) is 26.3 Å². The average molecular weight is 282 g/mol. The summed E-state index contributed by atoms with van der Waals surface area (Å²) in [5.74, 6) is 0.0535. The van der Waals surface area contributed by atoms with Crippen LogP contribution in [0, 0.1) is 13.8 Å². The van der Waals surface area contributed by atoms with Crippen LogP contribution in [0.25, 0.3) is 0 Å². The molecule has 0 bridgehead atoms. The number of hydrogen-bond acceptors (Lipinski definition) is 2. The Bertz CT molecular complexity index is 588. The zero-order valence-electron chi connectivity index (χ0n) is 12.8. The molecule has 0 saturated carbocycles. The van der Waals surface area contributed by atoms with E-state index in [1.807, 2.05) is 50.2 Å². The molecule has 2 heteroatoms. The molecule has 0 amide bonds. The predicted molar refractivity (Wildman–Crippen MR) is 85.8 cm³/mol. The first-order chi connectivity index (χ1) is 10.2. The van der Waals surface area contributed by atoms with Crippen LogP contribution in [0.3, 0.4) is 0 Å². The van der Waals surface area contributed by atoms with Crippen LogP contribution < -0.4 is 0 Å². The van der Waals surface area contributed by atoms with Crippen LogP contribution in [0.4, 0.5) is 0 Å². The second-order valence-corrected chi connectivity index (χ2v) is 5.36. The molecule has 21 heavy (non-hydrogen) atoms. The molecule has 0 fully saturated rings. The molecule has 0 unspecified atom stereocenters. The first-order valence-corrected chi connectivity index (χ1v) is 7.39.